The van der Waals surface area contributed by atoms with E-state index in [2.05, 4.69) is 10.6 Å². The van der Waals surface area contributed by atoms with Crippen molar-refractivity contribution >= 4 is 17.6 Å². The number of anilines is 1. The maximum Gasteiger partial charge on any atom is 0.337 e. The molecule has 1 heterocycles. The van der Waals surface area contributed by atoms with Gasteiger partial charge in [-0.3, -0.25) is 4.79 Å². The van der Waals surface area contributed by atoms with Gasteiger partial charge in [0, 0.05) is 13.1 Å². The summed E-state index contributed by atoms with van der Waals surface area (Å²) in [6.45, 7) is 1.06. The van der Waals surface area contributed by atoms with Gasteiger partial charge >= 0.3 is 5.97 Å². The second kappa shape index (κ2) is 4.50. The minimum absolute atomic E-state index is 0.226. The lowest BCUT2D eigenvalue weighted by Gasteiger charge is -2.26. The monoisotopic (exact) mass is 238 g/mol. The second-order valence-electron chi connectivity index (χ2n) is 3.81. The molecule has 0 bridgehead atoms. The molecule has 1 amide bonds. The number of carbonyl (C=O) groups excluding carboxylic acids is 1. The summed E-state index contributed by atoms with van der Waals surface area (Å²) in [5, 5.41) is 14.1. The Morgan fingerprint density at radius 1 is 1.41 bits per heavy atom. The number of halogens is 1. The first-order valence-corrected chi connectivity index (χ1v) is 5.13. The Hall–Kier alpha value is -1.95. The zero-order chi connectivity index (χ0) is 12.4. The number of carboxylic acids is 1. The molecule has 2 rings (SSSR count). The van der Waals surface area contributed by atoms with Crippen LogP contribution in [-0.2, 0) is 4.79 Å². The zero-order valence-corrected chi connectivity index (χ0v) is 8.87. The zero-order valence-electron chi connectivity index (χ0n) is 8.87. The van der Waals surface area contributed by atoms with Crippen molar-refractivity contribution < 1.29 is 19.1 Å². The molecule has 3 N–H and O–H groups in total. The number of carboxylic acid groups (broad SMARTS) is 1. The van der Waals surface area contributed by atoms with E-state index in [1.807, 2.05) is 0 Å². The number of carbonyl (C=O) groups is 2. The van der Waals surface area contributed by atoms with Crippen molar-refractivity contribution in [2.75, 3.05) is 18.4 Å². The molecule has 17 heavy (non-hydrogen) atoms. The quantitative estimate of drug-likeness (QED) is 0.723. The van der Waals surface area contributed by atoms with Crippen LogP contribution in [0.15, 0.2) is 18.2 Å². The van der Waals surface area contributed by atoms with Gasteiger partial charge in [-0.2, -0.15) is 0 Å². The molecule has 0 atom stereocenters. The summed E-state index contributed by atoms with van der Waals surface area (Å²) in [6.07, 6.45) is 0. The highest BCUT2D eigenvalue weighted by atomic mass is 19.1. The normalized spacial score (nSPS) is 15.1. The fourth-order valence-corrected chi connectivity index (χ4v) is 1.53. The van der Waals surface area contributed by atoms with Crippen molar-refractivity contribution in [3.05, 3.63) is 29.6 Å². The summed E-state index contributed by atoms with van der Waals surface area (Å²) in [5.74, 6) is -2.61. The predicted molar refractivity (Wildman–Crippen MR) is 58.3 cm³/mol. The Kier molecular flexibility index (Phi) is 3.06. The first-order chi connectivity index (χ1) is 8.09. The number of amides is 1. The molecule has 1 aliphatic rings. The maximum absolute atomic E-state index is 13.5. The highest BCUT2D eigenvalue weighted by molar-refractivity contribution is 6.01. The van der Waals surface area contributed by atoms with Crippen LogP contribution in [0.3, 0.4) is 0 Å². The Bertz CT molecular complexity index is 472. The highest BCUT2D eigenvalue weighted by Gasteiger charge is 2.26. The van der Waals surface area contributed by atoms with Crippen molar-refractivity contribution in [1.29, 1.82) is 0 Å². The number of hydrogen-bond acceptors (Lipinski definition) is 3. The molecule has 1 saturated heterocycles. The number of nitrogens with one attached hydrogen (secondary N) is 2. The van der Waals surface area contributed by atoms with Crippen LogP contribution in [0.2, 0.25) is 0 Å². The summed E-state index contributed by atoms with van der Waals surface area (Å²) in [7, 11) is 0. The molecule has 1 fully saturated rings. The van der Waals surface area contributed by atoms with Gasteiger partial charge in [0.2, 0.25) is 5.91 Å². The lowest BCUT2D eigenvalue weighted by atomic mass is 10.0. The molecule has 0 aromatic heterocycles. The standard InChI is InChI=1S/C11H11FN2O3/c12-8-3-1-2-7(11(16)17)9(8)14-10(15)6-4-13-5-6/h1-3,6,13H,4-5H2,(H,14,15)(H,16,17). The van der Waals surface area contributed by atoms with Crippen LogP contribution in [0.1, 0.15) is 10.4 Å². The summed E-state index contributed by atoms with van der Waals surface area (Å²) in [4.78, 5) is 22.5. The van der Waals surface area contributed by atoms with E-state index in [4.69, 9.17) is 5.11 Å². The third kappa shape index (κ3) is 2.26. The predicted octanol–water partition coefficient (Wildman–Crippen LogP) is 0.682. The smallest absolute Gasteiger partial charge is 0.337 e. The summed E-state index contributed by atoms with van der Waals surface area (Å²) >= 11 is 0. The summed E-state index contributed by atoms with van der Waals surface area (Å²) in [5.41, 5.74) is -0.512. The SMILES string of the molecule is O=C(O)c1cccc(F)c1NC(=O)C1CNC1. The lowest BCUT2D eigenvalue weighted by Crippen LogP contribution is -2.48. The molecule has 90 valence electrons. The average molecular weight is 238 g/mol. The van der Waals surface area contributed by atoms with E-state index in [0.29, 0.717) is 13.1 Å². The number of aromatic carboxylic acids is 1. The molecule has 0 spiro atoms. The van der Waals surface area contributed by atoms with Gasteiger partial charge in [-0.05, 0) is 12.1 Å². The Morgan fingerprint density at radius 2 is 2.12 bits per heavy atom. The fourth-order valence-electron chi connectivity index (χ4n) is 1.53. The van der Waals surface area contributed by atoms with Crippen molar-refractivity contribution in [1.82, 2.24) is 5.32 Å². The van der Waals surface area contributed by atoms with E-state index in [0.717, 1.165) is 6.07 Å². The highest BCUT2D eigenvalue weighted by Crippen LogP contribution is 2.21. The van der Waals surface area contributed by atoms with Gasteiger partial charge in [0.05, 0.1) is 17.2 Å². The topological polar surface area (TPSA) is 78.4 Å². The Morgan fingerprint density at radius 3 is 2.65 bits per heavy atom. The third-order valence-corrected chi connectivity index (χ3v) is 2.64. The molecule has 0 radical (unpaired) electrons. The van der Waals surface area contributed by atoms with Gasteiger partial charge < -0.3 is 15.7 Å². The first-order valence-electron chi connectivity index (χ1n) is 5.13. The van der Waals surface area contributed by atoms with Gasteiger partial charge in [0.15, 0.2) is 0 Å². The summed E-state index contributed by atoms with van der Waals surface area (Å²) < 4.78 is 13.5. The number of para-hydroxylation sites is 1. The maximum atomic E-state index is 13.5. The number of benzene rings is 1. The Balaban J connectivity index is 2.24. The molecule has 1 aromatic rings. The largest absolute Gasteiger partial charge is 0.478 e. The fraction of sp³-hybridized carbons (Fsp3) is 0.273. The van der Waals surface area contributed by atoms with E-state index < -0.39 is 11.8 Å². The van der Waals surface area contributed by atoms with E-state index in [-0.39, 0.29) is 23.1 Å². The van der Waals surface area contributed by atoms with Gasteiger partial charge in [-0.1, -0.05) is 6.07 Å². The number of rotatable bonds is 3. The second-order valence-corrected chi connectivity index (χ2v) is 3.81. The molecule has 6 heteroatoms. The molecular weight excluding hydrogens is 227 g/mol. The van der Waals surface area contributed by atoms with Crippen LogP contribution < -0.4 is 10.6 Å². The molecule has 1 aromatic carbocycles. The molecular formula is C11H11FN2O3. The van der Waals surface area contributed by atoms with Gasteiger partial charge in [-0.25, -0.2) is 9.18 Å². The molecule has 0 unspecified atom stereocenters. The average Bonchev–Trinajstić information content (AvgIpc) is 2.17. The first kappa shape index (κ1) is 11.5. The molecule has 1 aliphatic heterocycles. The van der Waals surface area contributed by atoms with Crippen molar-refractivity contribution in [2.45, 2.75) is 0 Å². The molecule has 0 saturated carbocycles. The van der Waals surface area contributed by atoms with Crippen molar-refractivity contribution in [3.8, 4) is 0 Å². The molecule has 0 aliphatic carbocycles. The summed E-state index contributed by atoms with van der Waals surface area (Å²) in [6, 6.07) is 3.65. The third-order valence-electron chi connectivity index (χ3n) is 2.64. The minimum atomic E-state index is -1.27. The number of hydrogen-bond donors (Lipinski definition) is 3. The Labute approximate surface area is 96.6 Å². The van der Waals surface area contributed by atoms with E-state index >= 15 is 0 Å². The van der Waals surface area contributed by atoms with Crippen LogP contribution in [0.25, 0.3) is 0 Å². The van der Waals surface area contributed by atoms with E-state index in [1.165, 1.54) is 12.1 Å². The van der Waals surface area contributed by atoms with Crippen LogP contribution in [-0.4, -0.2) is 30.1 Å². The van der Waals surface area contributed by atoms with E-state index in [1.54, 1.807) is 0 Å². The van der Waals surface area contributed by atoms with Crippen LogP contribution >= 0.6 is 0 Å². The van der Waals surface area contributed by atoms with Crippen molar-refractivity contribution in [2.24, 2.45) is 5.92 Å². The van der Waals surface area contributed by atoms with E-state index in [9.17, 15) is 14.0 Å². The minimum Gasteiger partial charge on any atom is -0.478 e. The van der Waals surface area contributed by atoms with Crippen LogP contribution in [0.5, 0.6) is 0 Å². The lowest BCUT2D eigenvalue weighted by molar-refractivity contribution is -0.121. The van der Waals surface area contributed by atoms with Gasteiger partial charge in [0.1, 0.15) is 5.82 Å². The van der Waals surface area contributed by atoms with Crippen LogP contribution in [0, 0.1) is 11.7 Å². The molecule has 5 nitrogen and oxygen atoms in total. The van der Waals surface area contributed by atoms with Gasteiger partial charge in [0.25, 0.3) is 0 Å². The van der Waals surface area contributed by atoms with Crippen molar-refractivity contribution in [3.63, 3.8) is 0 Å². The van der Waals surface area contributed by atoms with Crippen LogP contribution in [0.4, 0.5) is 10.1 Å². The van der Waals surface area contributed by atoms with Gasteiger partial charge in [-0.15, -0.1) is 0 Å².